The molecule has 2 heteroatoms. The van der Waals surface area contributed by atoms with E-state index in [1.807, 2.05) is 36.4 Å². The van der Waals surface area contributed by atoms with Gasteiger partial charge in [-0.1, -0.05) is 48.2 Å². The third kappa shape index (κ3) is 5.43. The number of benzene rings is 1. The minimum absolute atomic E-state index is 0.0841. The van der Waals surface area contributed by atoms with Gasteiger partial charge in [-0.25, -0.2) is 0 Å². The molecule has 0 N–H and O–H groups in total. The maximum atomic E-state index is 11.4. The summed E-state index contributed by atoms with van der Waals surface area (Å²) in [6.07, 6.45) is 10.2. The van der Waals surface area contributed by atoms with Crippen LogP contribution in [-0.4, -0.2) is 10.9 Å². The van der Waals surface area contributed by atoms with Crippen molar-refractivity contribution in [3.05, 3.63) is 42.0 Å². The largest absolute Gasteiger partial charge is 0.282 e. The molecule has 16 heavy (non-hydrogen) atoms. The molecule has 82 valence electrons. The molecule has 0 saturated heterocycles. The number of thioether (sulfide) groups is 1. The zero-order chi connectivity index (χ0) is 11.6. The maximum absolute atomic E-state index is 11.4. The molecule has 0 aromatic heterocycles. The van der Waals surface area contributed by atoms with Crippen LogP contribution in [0.25, 0.3) is 6.08 Å². The second-order valence-corrected chi connectivity index (χ2v) is 4.32. The Morgan fingerprint density at radius 2 is 2.12 bits per heavy atom. The lowest BCUT2D eigenvalue weighted by molar-refractivity contribution is -0.106. The van der Waals surface area contributed by atoms with Crippen LogP contribution >= 0.6 is 11.8 Å². The predicted octanol–water partition coefficient (Wildman–Crippen LogP) is 3.37. The van der Waals surface area contributed by atoms with Crippen molar-refractivity contribution in [2.45, 2.75) is 12.8 Å². The summed E-state index contributed by atoms with van der Waals surface area (Å²) in [5, 5.41) is 0.0841. The first kappa shape index (κ1) is 12.6. The number of hydrogen-bond acceptors (Lipinski definition) is 2. The molecule has 1 aromatic carbocycles. The van der Waals surface area contributed by atoms with Crippen LogP contribution in [0.15, 0.2) is 36.4 Å². The summed E-state index contributed by atoms with van der Waals surface area (Å²) in [6.45, 7) is 0. The smallest absolute Gasteiger partial charge is 0.212 e. The van der Waals surface area contributed by atoms with Gasteiger partial charge in [0.25, 0.3) is 0 Å². The van der Waals surface area contributed by atoms with E-state index in [0.717, 1.165) is 24.2 Å². The molecule has 1 nitrogen and oxygen atoms in total. The van der Waals surface area contributed by atoms with Gasteiger partial charge in [0.1, 0.15) is 0 Å². The van der Waals surface area contributed by atoms with Gasteiger partial charge in [0.05, 0.1) is 0 Å². The highest BCUT2D eigenvalue weighted by molar-refractivity contribution is 8.14. The van der Waals surface area contributed by atoms with Gasteiger partial charge >= 0.3 is 0 Å². The lowest BCUT2D eigenvalue weighted by Gasteiger charge is -1.94. The van der Waals surface area contributed by atoms with Crippen molar-refractivity contribution in [1.82, 2.24) is 0 Å². The van der Waals surface area contributed by atoms with E-state index in [1.165, 1.54) is 11.8 Å². The van der Waals surface area contributed by atoms with Gasteiger partial charge in [0.2, 0.25) is 5.12 Å². The molecule has 0 unspecified atom stereocenters. The average Bonchev–Trinajstić information content (AvgIpc) is 2.33. The standard InChI is InChI=1S/C14H14OS/c1-2-3-7-12-16-14(15)11-10-13-8-5-4-6-9-13/h1,4-6,8-11H,3,7,12H2/b11-10+. The lowest BCUT2D eigenvalue weighted by atomic mass is 10.2. The summed E-state index contributed by atoms with van der Waals surface area (Å²) in [5.74, 6) is 3.35. The van der Waals surface area contributed by atoms with Crippen molar-refractivity contribution in [2.24, 2.45) is 0 Å². The van der Waals surface area contributed by atoms with Crippen LogP contribution in [0.4, 0.5) is 0 Å². The Morgan fingerprint density at radius 1 is 1.38 bits per heavy atom. The van der Waals surface area contributed by atoms with Crippen LogP contribution in [-0.2, 0) is 4.79 Å². The van der Waals surface area contributed by atoms with Gasteiger partial charge in [0.15, 0.2) is 0 Å². The van der Waals surface area contributed by atoms with Crippen LogP contribution in [0.2, 0.25) is 0 Å². The summed E-state index contributed by atoms with van der Waals surface area (Å²) in [4.78, 5) is 11.4. The van der Waals surface area contributed by atoms with Gasteiger partial charge < -0.3 is 0 Å². The monoisotopic (exact) mass is 230 g/mol. The Labute approximate surface area is 101 Å². The topological polar surface area (TPSA) is 17.1 Å². The SMILES string of the molecule is C#CCCCSC(=O)/C=C/c1ccccc1. The predicted molar refractivity (Wildman–Crippen MR) is 71.0 cm³/mol. The highest BCUT2D eigenvalue weighted by Crippen LogP contribution is 2.08. The molecular formula is C14H14OS. The first-order valence-corrected chi connectivity index (χ1v) is 6.15. The minimum Gasteiger partial charge on any atom is -0.282 e. The van der Waals surface area contributed by atoms with Gasteiger partial charge in [-0.05, 0) is 18.1 Å². The number of rotatable bonds is 5. The number of carbonyl (C=O) groups is 1. The first-order chi connectivity index (χ1) is 7.83. The lowest BCUT2D eigenvalue weighted by Crippen LogP contribution is -1.88. The van der Waals surface area contributed by atoms with Crippen molar-refractivity contribution in [2.75, 3.05) is 5.75 Å². The summed E-state index contributed by atoms with van der Waals surface area (Å²) in [7, 11) is 0. The second kappa shape index (κ2) is 7.78. The summed E-state index contributed by atoms with van der Waals surface area (Å²) in [6, 6.07) is 9.78. The fourth-order valence-electron chi connectivity index (χ4n) is 1.12. The summed E-state index contributed by atoms with van der Waals surface area (Å²) < 4.78 is 0. The van der Waals surface area contributed by atoms with Crippen LogP contribution in [0.1, 0.15) is 18.4 Å². The Bertz CT molecular complexity index is 387. The highest BCUT2D eigenvalue weighted by atomic mass is 32.2. The molecule has 0 bridgehead atoms. The quantitative estimate of drug-likeness (QED) is 0.438. The third-order valence-electron chi connectivity index (χ3n) is 1.92. The minimum atomic E-state index is 0.0841. The van der Waals surface area contributed by atoms with E-state index in [2.05, 4.69) is 5.92 Å². The molecule has 0 fully saturated rings. The van der Waals surface area contributed by atoms with E-state index in [4.69, 9.17) is 6.42 Å². The number of hydrogen-bond donors (Lipinski definition) is 0. The van der Waals surface area contributed by atoms with E-state index in [-0.39, 0.29) is 5.12 Å². The summed E-state index contributed by atoms with van der Waals surface area (Å²) in [5.41, 5.74) is 1.04. The van der Waals surface area contributed by atoms with E-state index >= 15 is 0 Å². The number of unbranched alkanes of at least 4 members (excludes halogenated alkanes) is 1. The molecule has 0 atom stereocenters. The van der Waals surface area contributed by atoms with Crippen LogP contribution in [0, 0.1) is 12.3 Å². The number of carbonyl (C=O) groups excluding carboxylic acids is 1. The van der Waals surface area contributed by atoms with Gasteiger partial charge in [-0.3, -0.25) is 4.79 Å². The zero-order valence-corrected chi connectivity index (χ0v) is 9.87. The fourth-order valence-corrected chi connectivity index (χ4v) is 1.78. The second-order valence-electron chi connectivity index (χ2n) is 3.22. The van der Waals surface area contributed by atoms with Crippen molar-refractivity contribution >= 4 is 23.0 Å². The van der Waals surface area contributed by atoms with E-state index < -0.39 is 0 Å². The molecular weight excluding hydrogens is 216 g/mol. The third-order valence-corrected chi connectivity index (χ3v) is 2.83. The molecule has 0 heterocycles. The van der Waals surface area contributed by atoms with Gasteiger partial charge in [-0.15, -0.1) is 12.3 Å². The highest BCUT2D eigenvalue weighted by Gasteiger charge is 1.96. The van der Waals surface area contributed by atoms with Crippen molar-refractivity contribution < 1.29 is 4.79 Å². The molecule has 0 aliphatic rings. The van der Waals surface area contributed by atoms with Crippen molar-refractivity contribution in [3.8, 4) is 12.3 Å². The average molecular weight is 230 g/mol. The normalized spacial score (nSPS) is 10.2. The Morgan fingerprint density at radius 3 is 2.81 bits per heavy atom. The van der Waals surface area contributed by atoms with E-state index in [9.17, 15) is 4.79 Å². The molecule has 0 aliphatic carbocycles. The molecule has 0 aliphatic heterocycles. The maximum Gasteiger partial charge on any atom is 0.212 e. The fraction of sp³-hybridized carbons (Fsp3) is 0.214. The Hall–Kier alpha value is -1.46. The van der Waals surface area contributed by atoms with Crippen molar-refractivity contribution in [3.63, 3.8) is 0 Å². The van der Waals surface area contributed by atoms with Crippen LogP contribution < -0.4 is 0 Å². The first-order valence-electron chi connectivity index (χ1n) is 5.16. The Kier molecular flexibility index (Phi) is 6.13. The van der Waals surface area contributed by atoms with Crippen LogP contribution in [0.3, 0.4) is 0 Å². The van der Waals surface area contributed by atoms with Crippen LogP contribution in [0.5, 0.6) is 0 Å². The molecule has 0 radical (unpaired) electrons. The number of terminal acetylenes is 1. The molecule has 1 rings (SSSR count). The Balaban J connectivity index is 2.29. The van der Waals surface area contributed by atoms with E-state index in [0.29, 0.717) is 0 Å². The zero-order valence-electron chi connectivity index (χ0n) is 9.06. The molecule has 1 aromatic rings. The van der Waals surface area contributed by atoms with E-state index in [1.54, 1.807) is 6.08 Å². The summed E-state index contributed by atoms with van der Waals surface area (Å²) >= 11 is 1.31. The molecule has 0 amide bonds. The van der Waals surface area contributed by atoms with Gasteiger partial charge in [-0.2, -0.15) is 0 Å². The molecule has 0 spiro atoms. The molecule has 0 saturated carbocycles. The van der Waals surface area contributed by atoms with Crippen molar-refractivity contribution in [1.29, 1.82) is 0 Å². The van der Waals surface area contributed by atoms with Gasteiger partial charge in [0, 0.05) is 12.2 Å².